The molecular formula is C10H12N2O3P+. The Morgan fingerprint density at radius 3 is 2.75 bits per heavy atom. The molecule has 1 aromatic heterocycles. The summed E-state index contributed by atoms with van der Waals surface area (Å²) in [6.45, 7) is 0.217. The van der Waals surface area contributed by atoms with Crippen molar-refractivity contribution in [2.45, 2.75) is 6.54 Å². The van der Waals surface area contributed by atoms with Crippen LogP contribution in [0.15, 0.2) is 36.5 Å². The number of nitrogens with zero attached hydrogens (tertiary/aromatic N) is 2. The highest BCUT2D eigenvalue weighted by Crippen LogP contribution is 2.33. The monoisotopic (exact) mass is 239 g/mol. The zero-order chi connectivity index (χ0) is 11.6. The van der Waals surface area contributed by atoms with Crippen molar-refractivity contribution in [2.75, 3.05) is 6.16 Å². The minimum atomic E-state index is -3.95. The number of aromatic nitrogens is 2. The first-order chi connectivity index (χ1) is 7.54. The standard InChI is InChI=1S/C10H11N2O3P/c13-16(14,15)8-7-12-6-5-9-3-1-2-4-10(9)11-12/h1-6H,7-8H2,(H-,13,14,15)/p+1. The van der Waals surface area contributed by atoms with E-state index in [-0.39, 0.29) is 12.7 Å². The molecule has 5 nitrogen and oxygen atoms in total. The summed E-state index contributed by atoms with van der Waals surface area (Å²) in [5, 5.41) is 5.26. The summed E-state index contributed by atoms with van der Waals surface area (Å²) in [5.74, 6) is 0. The highest BCUT2D eigenvalue weighted by molar-refractivity contribution is 7.51. The molecule has 1 aromatic carbocycles. The first-order valence-electron chi connectivity index (χ1n) is 4.85. The fourth-order valence-electron chi connectivity index (χ4n) is 1.41. The summed E-state index contributed by atoms with van der Waals surface area (Å²) in [4.78, 5) is 17.5. The van der Waals surface area contributed by atoms with Gasteiger partial charge in [0.1, 0.15) is 11.7 Å². The Kier molecular flexibility index (Phi) is 3.01. The average Bonchev–Trinajstić information content (AvgIpc) is 2.25. The van der Waals surface area contributed by atoms with Crippen LogP contribution in [0.3, 0.4) is 0 Å². The van der Waals surface area contributed by atoms with Gasteiger partial charge in [-0.05, 0) is 6.07 Å². The van der Waals surface area contributed by atoms with Gasteiger partial charge in [0.05, 0.1) is 0 Å². The van der Waals surface area contributed by atoms with Crippen molar-refractivity contribution >= 4 is 18.5 Å². The van der Waals surface area contributed by atoms with Gasteiger partial charge in [-0.25, -0.2) is 0 Å². The lowest BCUT2D eigenvalue weighted by Gasteiger charge is -1.99. The van der Waals surface area contributed by atoms with E-state index in [0.29, 0.717) is 0 Å². The van der Waals surface area contributed by atoms with Crippen molar-refractivity contribution in [3.63, 3.8) is 0 Å². The molecule has 0 spiro atoms. The van der Waals surface area contributed by atoms with Crippen LogP contribution in [0.5, 0.6) is 0 Å². The Labute approximate surface area is 92.5 Å². The van der Waals surface area contributed by atoms with Crippen LogP contribution in [0.2, 0.25) is 0 Å². The predicted octanol–water partition coefficient (Wildman–Crippen LogP) is 0.700. The molecule has 2 aromatic rings. The van der Waals surface area contributed by atoms with Crippen molar-refractivity contribution in [3.8, 4) is 0 Å². The molecule has 2 rings (SSSR count). The van der Waals surface area contributed by atoms with Gasteiger partial charge in [0.2, 0.25) is 0 Å². The summed E-state index contributed by atoms with van der Waals surface area (Å²) >= 11 is 0. The maximum Gasteiger partial charge on any atom is 0.332 e. The minimum absolute atomic E-state index is 0.191. The minimum Gasteiger partial charge on any atom is -0.324 e. The SMILES string of the molecule is O=P(O)(O)CC[n+]1ccc2ccccc2n1. The molecule has 84 valence electrons. The van der Waals surface area contributed by atoms with Gasteiger partial charge in [-0.1, -0.05) is 22.9 Å². The molecule has 0 aliphatic heterocycles. The second-order valence-corrected chi connectivity index (χ2v) is 5.30. The van der Waals surface area contributed by atoms with Crippen molar-refractivity contribution in [1.29, 1.82) is 0 Å². The van der Waals surface area contributed by atoms with Gasteiger partial charge in [-0.3, -0.25) is 4.57 Å². The Morgan fingerprint density at radius 2 is 2.00 bits per heavy atom. The number of benzene rings is 1. The molecule has 6 heteroatoms. The molecule has 0 bridgehead atoms. The lowest BCUT2D eigenvalue weighted by molar-refractivity contribution is -0.747. The van der Waals surface area contributed by atoms with Crippen molar-refractivity contribution in [3.05, 3.63) is 36.5 Å². The van der Waals surface area contributed by atoms with Gasteiger partial charge in [-0.2, -0.15) is 0 Å². The highest BCUT2D eigenvalue weighted by atomic mass is 31.2. The molecule has 0 atom stereocenters. The molecule has 0 saturated heterocycles. The van der Waals surface area contributed by atoms with E-state index in [0.717, 1.165) is 10.9 Å². The van der Waals surface area contributed by atoms with Gasteiger partial charge in [-0.15, -0.1) is 0 Å². The van der Waals surface area contributed by atoms with E-state index >= 15 is 0 Å². The number of hydrogen-bond acceptors (Lipinski definition) is 2. The highest BCUT2D eigenvalue weighted by Gasteiger charge is 2.17. The summed E-state index contributed by atoms with van der Waals surface area (Å²) in [5.41, 5.74) is 0.815. The molecule has 0 fully saturated rings. The molecule has 0 unspecified atom stereocenters. The van der Waals surface area contributed by atoms with Crippen LogP contribution in [-0.4, -0.2) is 21.0 Å². The van der Waals surface area contributed by atoms with Crippen LogP contribution in [-0.2, 0) is 11.1 Å². The van der Waals surface area contributed by atoms with Crippen LogP contribution in [0.1, 0.15) is 0 Å². The molecule has 16 heavy (non-hydrogen) atoms. The first kappa shape index (κ1) is 11.2. The van der Waals surface area contributed by atoms with Crippen LogP contribution in [0.25, 0.3) is 10.9 Å². The first-order valence-corrected chi connectivity index (χ1v) is 6.64. The summed E-state index contributed by atoms with van der Waals surface area (Å²) < 4.78 is 12.3. The average molecular weight is 239 g/mol. The van der Waals surface area contributed by atoms with E-state index in [2.05, 4.69) is 5.10 Å². The van der Waals surface area contributed by atoms with E-state index in [1.165, 1.54) is 0 Å². The fraction of sp³-hybridized carbons (Fsp3) is 0.200. The van der Waals surface area contributed by atoms with Crippen molar-refractivity contribution < 1.29 is 19.0 Å². The lowest BCUT2D eigenvalue weighted by atomic mass is 10.2. The van der Waals surface area contributed by atoms with E-state index in [9.17, 15) is 4.57 Å². The number of hydrogen-bond donors (Lipinski definition) is 2. The van der Waals surface area contributed by atoms with Gasteiger partial charge in [0.15, 0.2) is 12.7 Å². The molecule has 2 N–H and O–H groups in total. The predicted molar refractivity (Wildman–Crippen MR) is 58.8 cm³/mol. The van der Waals surface area contributed by atoms with E-state index < -0.39 is 7.60 Å². The molecule has 0 aliphatic rings. The quantitative estimate of drug-likeness (QED) is 0.610. The van der Waals surface area contributed by atoms with Crippen LogP contribution in [0, 0.1) is 0 Å². The zero-order valence-corrected chi connectivity index (χ0v) is 9.42. The second-order valence-electron chi connectivity index (χ2n) is 3.53. The third-order valence-corrected chi connectivity index (χ3v) is 3.00. The largest absolute Gasteiger partial charge is 0.332 e. The van der Waals surface area contributed by atoms with Gasteiger partial charge < -0.3 is 9.79 Å². The molecule has 0 saturated carbocycles. The number of aryl methyl sites for hydroxylation is 1. The Hall–Kier alpha value is -1.29. The zero-order valence-electron chi connectivity index (χ0n) is 8.52. The van der Waals surface area contributed by atoms with Crippen LogP contribution >= 0.6 is 7.60 Å². The normalized spacial score (nSPS) is 11.9. The maximum atomic E-state index is 10.7. The van der Waals surface area contributed by atoms with E-state index in [4.69, 9.17) is 9.79 Å². The van der Waals surface area contributed by atoms with Crippen LogP contribution < -0.4 is 4.68 Å². The Morgan fingerprint density at radius 1 is 1.25 bits per heavy atom. The van der Waals surface area contributed by atoms with Crippen LogP contribution in [0.4, 0.5) is 0 Å². The van der Waals surface area contributed by atoms with E-state index in [1.54, 1.807) is 10.9 Å². The van der Waals surface area contributed by atoms with E-state index in [1.807, 2.05) is 30.3 Å². The lowest BCUT2D eigenvalue weighted by Crippen LogP contribution is -2.39. The van der Waals surface area contributed by atoms with Gasteiger partial charge >= 0.3 is 7.60 Å². The Bertz CT molecular complexity index is 553. The summed E-state index contributed by atoms with van der Waals surface area (Å²) in [6.07, 6.45) is 1.53. The summed E-state index contributed by atoms with van der Waals surface area (Å²) in [6, 6.07) is 9.48. The van der Waals surface area contributed by atoms with Crippen molar-refractivity contribution in [2.24, 2.45) is 0 Å². The second kappa shape index (κ2) is 4.29. The number of fused-ring (bicyclic) bond motifs is 1. The van der Waals surface area contributed by atoms with Gasteiger partial charge in [0.25, 0.3) is 0 Å². The topological polar surface area (TPSA) is 74.3 Å². The Balaban J connectivity index is 2.23. The maximum absolute atomic E-state index is 10.7. The van der Waals surface area contributed by atoms with Gasteiger partial charge in [0, 0.05) is 16.6 Å². The van der Waals surface area contributed by atoms with Crippen molar-refractivity contribution in [1.82, 2.24) is 5.10 Å². The molecule has 0 radical (unpaired) electrons. The molecule has 0 aliphatic carbocycles. The third-order valence-electron chi connectivity index (χ3n) is 2.22. The number of rotatable bonds is 3. The molecule has 1 heterocycles. The fourth-order valence-corrected chi connectivity index (χ4v) is 1.88. The molecule has 0 amide bonds. The molecular weight excluding hydrogens is 227 g/mol. The third kappa shape index (κ3) is 2.85. The smallest absolute Gasteiger partial charge is 0.324 e. The summed E-state index contributed by atoms with van der Waals surface area (Å²) in [7, 11) is -3.95.